The van der Waals surface area contributed by atoms with Crippen LogP contribution < -0.4 is 10.1 Å². The van der Waals surface area contributed by atoms with E-state index in [1.54, 1.807) is 14.0 Å². The van der Waals surface area contributed by atoms with Gasteiger partial charge in [0.2, 0.25) is 0 Å². The Morgan fingerprint density at radius 3 is 2.91 bits per heavy atom. The number of aliphatic hydroxyl groups excluding tert-OH is 1. The van der Waals surface area contributed by atoms with Crippen molar-refractivity contribution in [2.24, 2.45) is 0 Å². The van der Waals surface area contributed by atoms with Crippen LogP contribution >= 0.6 is 0 Å². The topological polar surface area (TPSA) is 80.7 Å². The molecule has 1 aromatic carbocycles. The molecule has 2 rings (SSSR count). The molecule has 0 saturated heterocycles. The lowest BCUT2D eigenvalue weighted by atomic mass is 10.1. The summed E-state index contributed by atoms with van der Waals surface area (Å²) in [4.78, 5) is 16.4. The Labute approximate surface area is 129 Å². The molecular weight excluding hydrogens is 284 g/mol. The van der Waals surface area contributed by atoms with Crippen LogP contribution in [0.3, 0.4) is 0 Å². The number of carbonyl (C=O) groups is 1. The highest BCUT2D eigenvalue weighted by atomic mass is 16.5. The first-order chi connectivity index (χ1) is 10.7. The average molecular weight is 304 g/mol. The maximum atomic E-state index is 12.1. The summed E-state index contributed by atoms with van der Waals surface area (Å²) in [7, 11) is 1.59. The van der Waals surface area contributed by atoms with Crippen molar-refractivity contribution < 1.29 is 19.4 Å². The van der Waals surface area contributed by atoms with Crippen LogP contribution in [0.2, 0.25) is 0 Å². The molecular formula is C16H20N2O4. The van der Waals surface area contributed by atoms with Gasteiger partial charge in [0.05, 0.1) is 24.9 Å². The van der Waals surface area contributed by atoms with Crippen molar-refractivity contribution in [3.8, 4) is 5.75 Å². The van der Waals surface area contributed by atoms with Crippen molar-refractivity contribution in [1.29, 1.82) is 0 Å². The van der Waals surface area contributed by atoms with Gasteiger partial charge in [-0.15, -0.1) is 0 Å². The number of nitrogens with zero attached hydrogens (tertiary/aromatic N) is 1. The van der Waals surface area contributed by atoms with Crippen molar-refractivity contribution in [1.82, 2.24) is 4.98 Å². The van der Waals surface area contributed by atoms with Crippen LogP contribution in [0.1, 0.15) is 23.7 Å². The molecule has 2 N–H and O–H groups in total. The van der Waals surface area contributed by atoms with Crippen molar-refractivity contribution in [2.45, 2.75) is 13.3 Å². The van der Waals surface area contributed by atoms with Crippen LogP contribution in [-0.4, -0.2) is 42.9 Å². The van der Waals surface area contributed by atoms with E-state index in [1.165, 1.54) is 6.20 Å². The zero-order valence-corrected chi connectivity index (χ0v) is 12.8. The first-order valence-electron chi connectivity index (χ1n) is 7.19. The number of aromatic nitrogens is 1. The van der Waals surface area contributed by atoms with Crippen LogP contribution in [0.15, 0.2) is 24.4 Å². The van der Waals surface area contributed by atoms with E-state index in [9.17, 15) is 4.79 Å². The second-order valence-corrected chi connectivity index (χ2v) is 4.65. The number of rotatable bonds is 7. The lowest BCUT2D eigenvalue weighted by Gasteiger charge is -2.14. The summed E-state index contributed by atoms with van der Waals surface area (Å²) in [6, 6.07) is 5.48. The molecule has 0 atom stereocenters. The zero-order valence-electron chi connectivity index (χ0n) is 12.8. The fourth-order valence-corrected chi connectivity index (χ4v) is 2.15. The van der Waals surface area contributed by atoms with Gasteiger partial charge in [0.15, 0.2) is 0 Å². The molecule has 118 valence electrons. The second kappa shape index (κ2) is 7.61. The van der Waals surface area contributed by atoms with Crippen molar-refractivity contribution >= 4 is 22.6 Å². The van der Waals surface area contributed by atoms with Crippen LogP contribution in [0.5, 0.6) is 5.75 Å². The van der Waals surface area contributed by atoms with E-state index in [0.29, 0.717) is 36.6 Å². The summed E-state index contributed by atoms with van der Waals surface area (Å²) in [5.74, 6) is 0.256. The molecule has 0 saturated carbocycles. The molecule has 22 heavy (non-hydrogen) atoms. The van der Waals surface area contributed by atoms with Crippen LogP contribution in [0, 0.1) is 0 Å². The van der Waals surface area contributed by atoms with E-state index in [0.717, 1.165) is 10.9 Å². The third-order valence-electron chi connectivity index (χ3n) is 3.21. The van der Waals surface area contributed by atoms with Gasteiger partial charge in [-0.25, -0.2) is 4.79 Å². The van der Waals surface area contributed by atoms with Gasteiger partial charge in [0, 0.05) is 24.7 Å². The molecule has 0 unspecified atom stereocenters. The number of methoxy groups -OCH3 is 1. The molecule has 1 aromatic heterocycles. The van der Waals surface area contributed by atoms with Gasteiger partial charge in [0.25, 0.3) is 0 Å². The Morgan fingerprint density at radius 2 is 2.23 bits per heavy atom. The van der Waals surface area contributed by atoms with E-state index in [4.69, 9.17) is 14.6 Å². The molecule has 2 aromatic rings. The summed E-state index contributed by atoms with van der Waals surface area (Å²) in [6.45, 7) is 2.67. The summed E-state index contributed by atoms with van der Waals surface area (Å²) in [5.41, 5.74) is 1.77. The van der Waals surface area contributed by atoms with E-state index < -0.39 is 5.97 Å². The van der Waals surface area contributed by atoms with Gasteiger partial charge in [-0.3, -0.25) is 4.98 Å². The molecule has 6 heteroatoms. The summed E-state index contributed by atoms with van der Waals surface area (Å²) in [6.07, 6.45) is 2.09. The first kappa shape index (κ1) is 16.0. The number of hydrogen-bond donors (Lipinski definition) is 2. The Morgan fingerprint density at radius 1 is 1.41 bits per heavy atom. The summed E-state index contributed by atoms with van der Waals surface area (Å²) in [5, 5.41) is 12.9. The van der Waals surface area contributed by atoms with Crippen LogP contribution in [0.4, 0.5) is 5.69 Å². The Balaban J connectivity index is 2.52. The minimum atomic E-state index is -0.425. The number of ether oxygens (including phenoxy) is 2. The van der Waals surface area contributed by atoms with E-state index in [1.807, 2.05) is 18.2 Å². The number of anilines is 1. The third kappa shape index (κ3) is 3.46. The molecule has 0 aliphatic carbocycles. The average Bonchev–Trinajstić information content (AvgIpc) is 2.54. The molecule has 0 amide bonds. The lowest BCUT2D eigenvalue weighted by molar-refractivity contribution is 0.0527. The predicted octanol–water partition coefficient (Wildman–Crippen LogP) is 2.21. The van der Waals surface area contributed by atoms with Crippen molar-refractivity contribution in [3.63, 3.8) is 0 Å². The lowest BCUT2D eigenvalue weighted by Crippen LogP contribution is -2.12. The smallest absolute Gasteiger partial charge is 0.341 e. The molecule has 0 fully saturated rings. The minimum Gasteiger partial charge on any atom is -0.497 e. The van der Waals surface area contributed by atoms with Gasteiger partial charge < -0.3 is 19.9 Å². The highest BCUT2D eigenvalue weighted by Crippen LogP contribution is 2.29. The molecule has 0 radical (unpaired) electrons. The standard InChI is InChI=1S/C16H20N2O4/c1-3-22-16(20)13-10-18-14-6-5-11(21-2)9-12(14)15(13)17-7-4-8-19/h5-6,9-10,19H,3-4,7-8H2,1-2H3,(H,17,18). The van der Waals surface area contributed by atoms with Gasteiger partial charge in [-0.2, -0.15) is 0 Å². The number of pyridine rings is 1. The number of carbonyl (C=O) groups excluding carboxylic acids is 1. The summed E-state index contributed by atoms with van der Waals surface area (Å²) < 4.78 is 10.3. The SMILES string of the molecule is CCOC(=O)c1cnc2ccc(OC)cc2c1NCCCO. The number of nitrogens with one attached hydrogen (secondary N) is 1. The predicted molar refractivity (Wildman–Crippen MR) is 84.4 cm³/mol. The first-order valence-corrected chi connectivity index (χ1v) is 7.19. The zero-order chi connectivity index (χ0) is 15.9. The fraction of sp³-hybridized carbons (Fsp3) is 0.375. The maximum absolute atomic E-state index is 12.1. The van der Waals surface area contributed by atoms with Crippen LogP contribution in [0.25, 0.3) is 10.9 Å². The number of benzene rings is 1. The minimum absolute atomic E-state index is 0.0775. The molecule has 0 aliphatic rings. The van der Waals surface area contributed by atoms with Gasteiger partial charge >= 0.3 is 5.97 Å². The highest BCUT2D eigenvalue weighted by Gasteiger charge is 2.16. The molecule has 0 spiro atoms. The normalized spacial score (nSPS) is 10.5. The largest absolute Gasteiger partial charge is 0.497 e. The molecule has 1 heterocycles. The second-order valence-electron chi connectivity index (χ2n) is 4.65. The highest BCUT2D eigenvalue weighted by molar-refractivity contribution is 6.05. The number of fused-ring (bicyclic) bond motifs is 1. The molecule has 0 aliphatic heterocycles. The number of hydrogen-bond acceptors (Lipinski definition) is 6. The third-order valence-corrected chi connectivity index (χ3v) is 3.21. The molecule has 0 bridgehead atoms. The van der Waals surface area contributed by atoms with E-state index in [2.05, 4.69) is 10.3 Å². The fourth-order valence-electron chi connectivity index (χ4n) is 2.15. The van der Waals surface area contributed by atoms with Crippen molar-refractivity contribution in [2.75, 3.05) is 32.2 Å². The summed E-state index contributed by atoms with van der Waals surface area (Å²) >= 11 is 0. The molecule has 6 nitrogen and oxygen atoms in total. The van der Waals surface area contributed by atoms with E-state index in [-0.39, 0.29) is 6.61 Å². The Hall–Kier alpha value is -2.34. The van der Waals surface area contributed by atoms with Gasteiger partial charge in [0.1, 0.15) is 11.3 Å². The number of esters is 1. The maximum Gasteiger partial charge on any atom is 0.341 e. The van der Waals surface area contributed by atoms with E-state index >= 15 is 0 Å². The quantitative estimate of drug-likeness (QED) is 0.603. The number of aliphatic hydroxyl groups is 1. The van der Waals surface area contributed by atoms with Crippen LogP contribution in [-0.2, 0) is 4.74 Å². The Kier molecular flexibility index (Phi) is 5.55. The van der Waals surface area contributed by atoms with Gasteiger partial charge in [-0.05, 0) is 31.5 Å². The monoisotopic (exact) mass is 304 g/mol. The van der Waals surface area contributed by atoms with Crippen molar-refractivity contribution in [3.05, 3.63) is 30.0 Å². The Bertz CT molecular complexity index is 658. The van der Waals surface area contributed by atoms with Gasteiger partial charge in [-0.1, -0.05) is 0 Å².